The molecule has 2 heterocycles. The monoisotopic (exact) mass is 178 g/mol. The lowest BCUT2D eigenvalue weighted by Crippen LogP contribution is -1.84. The number of aromatic nitrogens is 4. The molecular formula is C8H10N4O. The molecule has 68 valence electrons. The molecule has 0 spiro atoms. The van der Waals surface area contributed by atoms with Crippen molar-refractivity contribution in [2.24, 2.45) is 7.05 Å². The Morgan fingerprint density at radius 1 is 1.46 bits per heavy atom. The van der Waals surface area contributed by atoms with Gasteiger partial charge in [-0.05, 0) is 0 Å². The van der Waals surface area contributed by atoms with E-state index in [1.807, 2.05) is 20.2 Å². The summed E-state index contributed by atoms with van der Waals surface area (Å²) < 4.78 is 7.06. The summed E-state index contributed by atoms with van der Waals surface area (Å²) in [6, 6.07) is 0. The van der Waals surface area contributed by atoms with Crippen LogP contribution in [0.15, 0.2) is 16.8 Å². The fraction of sp³-hybridized carbons (Fsp3) is 0.375. The van der Waals surface area contributed by atoms with Crippen LogP contribution in [0.1, 0.15) is 12.8 Å². The highest BCUT2D eigenvalue weighted by Crippen LogP contribution is 2.15. The van der Waals surface area contributed by atoms with Gasteiger partial charge in [0, 0.05) is 19.7 Å². The Kier molecular flexibility index (Phi) is 1.84. The number of rotatable bonds is 2. The quantitative estimate of drug-likeness (QED) is 0.689. The molecule has 2 rings (SSSR count). The summed E-state index contributed by atoms with van der Waals surface area (Å²) in [5.74, 6) is 1.18. The van der Waals surface area contributed by atoms with Crippen molar-refractivity contribution in [3.05, 3.63) is 18.3 Å². The van der Waals surface area contributed by atoms with Gasteiger partial charge in [-0.15, -0.1) is 10.2 Å². The molecule has 0 aliphatic carbocycles. The summed E-state index contributed by atoms with van der Waals surface area (Å²) >= 11 is 0. The first-order chi connectivity index (χ1) is 6.29. The van der Waals surface area contributed by atoms with Gasteiger partial charge < -0.3 is 4.42 Å². The average Bonchev–Trinajstić information content (AvgIpc) is 2.71. The number of aryl methyl sites for hydroxylation is 2. The summed E-state index contributed by atoms with van der Waals surface area (Å²) in [5, 5.41) is 11.8. The fourth-order valence-electron chi connectivity index (χ4n) is 1.04. The highest BCUT2D eigenvalue weighted by molar-refractivity contribution is 5.48. The molecule has 0 atom stereocenters. The number of hydrogen-bond donors (Lipinski definition) is 0. The Morgan fingerprint density at radius 3 is 2.85 bits per heavy atom. The zero-order valence-corrected chi connectivity index (χ0v) is 7.56. The highest BCUT2D eigenvalue weighted by Gasteiger charge is 2.08. The first-order valence-corrected chi connectivity index (χ1v) is 4.11. The maximum Gasteiger partial charge on any atom is 0.250 e. The van der Waals surface area contributed by atoms with Crippen molar-refractivity contribution < 1.29 is 4.42 Å². The van der Waals surface area contributed by atoms with E-state index in [1.54, 1.807) is 10.9 Å². The van der Waals surface area contributed by atoms with Crippen molar-refractivity contribution in [1.82, 2.24) is 20.0 Å². The fourth-order valence-corrected chi connectivity index (χ4v) is 1.04. The van der Waals surface area contributed by atoms with Crippen molar-refractivity contribution in [3.8, 4) is 11.5 Å². The minimum Gasteiger partial charge on any atom is -0.421 e. The molecule has 0 radical (unpaired) electrons. The van der Waals surface area contributed by atoms with E-state index in [0.29, 0.717) is 11.8 Å². The molecule has 0 unspecified atom stereocenters. The lowest BCUT2D eigenvalue weighted by molar-refractivity contribution is 0.513. The average molecular weight is 178 g/mol. The van der Waals surface area contributed by atoms with E-state index in [0.717, 1.165) is 12.0 Å². The van der Waals surface area contributed by atoms with Gasteiger partial charge in [0.15, 0.2) is 0 Å². The van der Waals surface area contributed by atoms with E-state index in [-0.39, 0.29) is 0 Å². The Hall–Kier alpha value is -1.65. The largest absolute Gasteiger partial charge is 0.421 e. The van der Waals surface area contributed by atoms with Gasteiger partial charge in [-0.25, -0.2) is 0 Å². The van der Waals surface area contributed by atoms with Crippen LogP contribution < -0.4 is 0 Å². The standard InChI is InChI=1S/C8H10N4O/c1-3-7-10-11-8(13-7)6-4-9-12(2)5-6/h4-5H,3H2,1-2H3. The molecule has 0 aliphatic heterocycles. The molecule has 0 bridgehead atoms. The predicted octanol–water partition coefficient (Wildman–Crippen LogP) is 1.03. The molecule has 0 saturated carbocycles. The van der Waals surface area contributed by atoms with Gasteiger partial charge >= 0.3 is 0 Å². The lowest BCUT2D eigenvalue weighted by Gasteiger charge is -1.85. The minimum atomic E-state index is 0.532. The molecule has 0 N–H and O–H groups in total. The SMILES string of the molecule is CCc1nnc(-c2cnn(C)c2)o1. The summed E-state index contributed by atoms with van der Waals surface area (Å²) in [7, 11) is 1.85. The van der Waals surface area contributed by atoms with E-state index < -0.39 is 0 Å². The van der Waals surface area contributed by atoms with Crippen LogP contribution in [0.2, 0.25) is 0 Å². The predicted molar refractivity (Wildman–Crippen MR) is 45.9 cm³/mol. The molecule has 0 amide bonds. The molecular weight excluding hydrogens is 168 g/mol. The Morgan fingerprint density at radius 2 is 2.31 bits per heavy atom. The molecule has 2 aromatic rings. The van der Waals surface area contributed by atoms with Crippen molar-refractivity contribution in [2.45, 2.75) is 13.3 Å². The molecule has 0 saturated heterocycles. The number of hydrogen-bond acceptors (Lipinski definition) is 4. The molecule has 5 heteroatoms. The van der Waals surface area contributed by atoms with Gasteiger partial charge in [-0.3, -0.25) is 4.68 Å². The van der Waals surface area contributed by atoms with Crippen LogP contribution in [-0.4, -0.2) is 20.0 Å². The van der Waals surface area contributed by atoms with Crippen LogP contribution in [0.3, 0.4) is 0 Å². The number of nitrogens with zero attached hydrogens (tertiary/aromatic N) is 4. The van der Waals surface area contributed by atoms with Crippen LogP contribution in [0.5, 0.6) is 0 Å². The van der Waals surface area contributed by atoms with Crippen LogP contribution in [0, 0.1) is 0 Å². The van der Waals surface area contributed by atoms with E-state index in [9.17, 15) is 0 Å². The molecule has 0 aromatic carbocycles. The van der Waals surface area contributed by atoms with Crippen LogP contribution in [0.4, 0.5) is 0 Å². The van der Waals surface area contributed by atoms with Gasteiger partial charge in [0.1, 0.15) is 0 Å². The van der Waals surface area contributed by atoms with Crippen molar-refractivity contribution >= 4 is 0 Å². The zero-order valence-electron chi connectivity index (χ0n) is 7.56. The summed E-state index contributed by atoms with van der Waals surface area (Å²) in [6.45, 7) is 1.97. The topological polar surface area (TPSA) is 56.7 Å². The molecule has 0 fully saturated rings. The smallest absolute Gasteiger partial charge is 0.250 e. The van der Waals surface area contributed by atoms with Gasteiger partial charge in [-0.2, -0.15) is 5.10 Å². The Balaban J connectivity index is 2.35. The maximum atomic E-state index is 5.36. The summed E-state index contributed by atoms with van der Waals surface area (Å²) in [5.41, 5.74) is 0.856. The van der Waals surface area contributed by atoms with E-state index in [4.69, 9.17) is 4.42 Å². The molecule has 0 aliphatic rings. The minimum absolute atomic E-state index is 0.532. The Bertz CT molecular complexity index is 404. The van der Waals surface area contributed by atoms with Crippen molar-refractivity contribution in [1.29, 1.82) is 0 Å². The van der Waals surface area contributed by atoms with Gasteiger partial charge in [0.25, 0.3) is 5.89 Å². The van der Waals surface area contributed by atoms with Gasteiger partial charge in [0.2, 0.25) is 5.89 Å². The third-order valence-electron chi connectivity index (χ3n) is 1.72. The van der Waals surface area contributed by atoms with E-state index in [2.05, 4.69) is 15.3 Å². The van der Waals surface area contributed by atoms with Gasteiger partial charge in [-0.1, -0.05) is 6.92 Å². The highest BCUT2D eigenvalue weighted by atomic mass is 16.4. The first kappa shape index (κ1) is 7.97. The van der Waals surface area contributed by atoms with E-state index >= 15 is 0 Å². The zero-order chi connectivity index (χ0) is 9.26. The molecule has 2 aromatic heterocycles. The normalized spacial score (nSPS) is 10.6. The van der Waals surface area contributed by atoms with Crippen molar-refractivity contribution in [2.75, 3.05) is 0 Å². The summed E-state index contributed by atoms with van der Waals surface area (Å²) in [4.78, 5) is 0. The van der Waals surface area contributed by atoms with Crippen LogP contribution >= 0.6 is 0 Å². The second kappa shape index (κ2) is 3.01. The summed E-state index contributed by atoms with van der Waals surface area (Å²) in [6.07, 6.45) is 4.30. The van der Waals surface area contributed by atoms with Crippen LogP contribution in [0.25, 0.3) is 11.5 Å². The van der Waals surface area contributed by atoms with Crippen molar-refractivity contribution in [3.63, 3.8) is 0 Å². The molecule has 13 heavy (non-hydrogen) atoms. The third-order valence-corrected chi connectivity index (χ3v) is 1.72. The maximum absolute atomic E-state index is 5.36. The molecule has 5 nitrogen and oxygen atoms in total. The Labute approximate surface area is 75.4 Å². The first-order valence-electron chi connectivity index (χ1n) is 4.11. The third kappa shape index (κ3) is 1.44. The van der Waals surface area contributed by atoms with Gasteiger partial charge in [0.05, 0.1) is 11.8 Å². The van der Waals surface area contributed by atoms with E-state index in [1.165, 1.54) is 0 Å². The van der Waals surface area contributed by atoms with Crippen LogP contribution in [-0.2, 0) is 13.5 Å². The second-order valence-corrected chi connectivity index (χ2v) is 2.76. The second-order valence-electron chi connectivity index (χ2n) is 2.76. The lowest BCUT2D eigenvalue weighted by atomic mass is 10.4.